The Hall–Kier alpha value is -1.62. The van der Waals surface area contributed by atoms with E-state index in [9.17, 15) is 4.79 Å². The van der Waals surface area contributed by atoms with Gasteiger partial charge in [-0.15, -0.1) is 6.58 Å². The fourth-order valence-electron chi connectivity index (χ4n) is 2.69. The quantitative estimate of drug-likeness (QED) is 0.824. The van der Waals surface area contributed by atoms with Crippen LogP contribution < -0.4 is 5.32 Å². The van der Waals surface area contributed by atoms with Gasteiger partial charge in [0.05, 0.1) is 5.69 Å². The minimum absolute atomic E-state index is 0.0540. The Labute approximate surface area is 120 Å². The molecule has 1 saturated heterocycles. The molecule has 0 saturated carbocycles. The van der Waals surface area contributed by atoms with E-state index in [2.05, 4.69) is 21.9 Å². The van der Waals surface area contributed by atoms with Crippen LogP contribution in [0.2, 0.25) is 0 Å². The molecule has 0 aromatic carbocycles. The molecule has 0 aliphatic carbocycles. The molecule has 1 aliphatic heterocycles. The average Bonchev–Trinajstić information content (AvgIpc) is 2.70. The van der Waals surface area contributed by atoms with Gasteiger partial charge < -0.3 is 5.32 Å². The molecule has 5 nitrogen and oxygen atoms in total. The van der Waals surface area contributed by atoms with Gasteiger partial charge in [-0.2, -0.15) is 5.10 Å². The first-order valence-electron chi connectivity index (χ1n) is 7.22. The summed E-state index contributed by atoms with van der Waals surface area (Å²) in [4.78, 5) is 14.4. The van der Waals surface area contributed by atoms with Crippen molar-refractivity contribution < 1.29 is 4.79 Å². The number of aromatic nitrogens is 2. The highest BCUT2D eigenvalue weighted by Gasteiger charge is 2.20. The van der Waals surface area contributed by atoms with Gasteiger partial charge in [0.1, 0.15) is 6.54 Å². The Balaban J connectivity index is 1.78. The van der Waals surface area contributed by atoms with Gasteiger partial charge in [-0.25, -0.2) is 0 Å². The Kier molecular flexibility index (Phi) is 4.95. The maximum atomic E-state index is 12.0. The van der Waals surface area contributed by atoms with Crippen LogP contribution in [0.25, 0.3) is 0 Å². The number of nitrogens with one attached hydrogen (secondary N) is 1. The molecule has 1 N–H and O–H groups in total. The Bertz CT molecular complexity index is 472. The molecule has 2 heterocycles. The summed E-state index contributed by atoms with van der Waals surface area (Å²) >= 11 is 0. The third kappa shape index (κ3) is 3.93. The van der Waals surface area contributed by atoms with Crippen LogP contribution in [0.3, 0.4) is 0 Å². The first-order chi connectivity index (χ1) is 9.58. The number of amides is 1. The molecular formula is C15H24N4O. The van der Waals surface area contributed by atoms with Crippen LogP contribution >= 0.6 is 0 Å². The van der Waals surface area contributed by atoms with Crippen LogP contribution in [-0.2, 0) is 11.3 Å². The van der Waals surface area contributed by atoms with Crippen LogP contribution in [0, 0.1) is 13.8 Å². The third-order valence-electron chi connectivity index (χ3n) is 3.74. The average molecular weight is 276 g/mol. The largest absolute Gasteiger partial charge is 0.352 e. The van der Waals surface area contributed by atoms with Crippen molar-refractivity contribution in [1.29, 1.82) is 0 Å². The lowest BCUT2D eigenvalue weighted by molar-refractivity contribution is -0.122. The lowest BCUT2D eigenvalue weighted by Crippen LogP contribution is -2.45. The molecular weight excluding hydrogens is 252 g/mol. The Morgan fingerprint density at radius 3 is 2.75 bits per heavy atom. The zero-order valence-corrected chi connectivity index (χ0v) is 12.4. The highest BCUT2D eigenvalue weighted by Crippen LogP contribution is 2.10. The van der Waals surface area contributed by atoms with Crippen molar-refractivity contribution in [3.63, 3.8) is 0 Å². The maximum absolute atomic E-state index is 12.0. The fraction of sp³-hybridized carbons (Fsp3) is 0.600. The van der Waals surface area contributed by atoms with E-state index in [0.29, 0.717) is 12.6 Å². The number of aryl methyl sites for hydroxylation is 2. The summed E-state index contributed by atoms with van der Waals surface area (Å²) in [6.07, 6.45) is 3.95. The van der Waals surface area contributed by atoms with Crippen LogP contribution in [0.1, 0.15) is 24.2 Å². The molecule has 0 spiro atoms. The molecule has 1 aliphatic rings. The Morgan fingerprint density at radius 1 is 1.50 bits per heavy atom. The second-order valence-electron chi connectivity index (χ2n) is 5.52. The highest BCUT2D eigenvalue weighted by molar-refractivity contribution is 5.76. The maximum Gasteiger partial charge on any atom is 0.241 e. The molecule has 0 radical (unpaired) electrons. The van der Waals surface area contributed by atoms with E-state index in [1.54, 1.807) is 4.68 Å². The predicted molar refractivity (Wildman–Crippen MR) is 79.5 cm³/mol. The van der Waals surface area contributed by atoms with Crippen LogP contribution in [-0.4, -0.2) is 46.3 Å². The molecule has 0 bridgehead atoms. The fourth-order valence-corrected chi connectivity index (χ4v) is 2.69. The van der Waals surface area contributed by atoms with Crippen molar-refractivity contribution in [3.8, 4) is 0 Å². The third-order valence-corrected chi connectivity index (χ3v) is 3.74. The molecule has 1 aromatic heterocycles. The van der Waals surface area contributed by atoms with E-state index in [1.807, 2.05) is 26.0 Å². The minimum Gasteiger partial charge on any atom is -0.352 e. The Morgan fingerprint density at radius 2 is 2.20 bits per heavy atom. The van der Waals surface area contributed by atoms with Crippen LogP contribution in [0.5, 0.6) is 0 Å². The lowest BCUT2D eigenvalue weighted by atomic mass is 10.1. The van der Waals surface area contributed by atoms with Gasteiger partial charge in [0, 0.05) is 31.4 Å². The molecule has 1 aromatic rings. The summed E-state index contributed by atoms with van der Waals surface area (Å²) in [6, 6.07) is 2.28. The smallest absolute Gasteiger partial charge is 0.241 e. The number of hydrogen-bond donors (Lipinski definition) is 1. The van der Waals surface area contributed by atoms with Gasteiger partial charge in [-0.05, 0) is 32.8 Å². The number of carbonyl (C=O) groups is 1. The second-order valence-corrected chi connectivity index (χ2v) is 5.52. The van der Waals surface area contributed by atoms with Gasteiger partial charge in [-0.3, -0.25) is 14.4 Å². The molecule has 110 valence electrons. The first kappa shape index (κ1) is 14.8. The summed E-state index contributed by atoms with van der Waals surface area (Å²) in [7, 11) is 0. The van der Waals surface area contributed by atoms with E-state index in [0.717, 1.165) is 43.9 Å². The van der Waals surface area contributed by atoms with E-state index in [-0.39, 0.29) is 5.91 Å². The molecule has 5 heteroatoms. The molecule has 0 unspecified atom stereocenters. The van der Waals surface area contributed by atoms with Gasteiger partial charge in [0.2, 0.25) is 5.91 Å². The van der Waals surface area contributed by atoms with Gasteiger partial charge in [-0.1, -0.05) is 6.08 Å². The summed E-state index contributed by atoms with van der Waals surface area (Å²) in [5.74, 6) is 0.0540. The molecule has 2 rings (SSSR count). The van der Waals surface area contributed by atoms with E-state index < -0.39 is 0 Å². The summed E-state index contributed by atoms with van der Waals surface area (Å²) < 4.78 is 1.76. The van der Waals surface area contributed by atoms with Crippen molar-refractivity contribution in [3.05, 3.63) is 30.1 Å². The number of nitrogens with zero attached hydrogens (tertiary/aromatic N) is 3. The first-order valence-corrected chi connectivity index (χ1v) is 7.22. The SMILES string of the molecule is C=CCN1CCC(NC(=O)Cn2nc(C)cc2C)CC1. The standard InChI is InChI=1S/C15H24N4O/c1-4-7-18-8-5-14(6-9-18)16-15(20)11-19-13(3)10-12(2)17-19/h4,10,14H,1,5-9,11H2,2-3H3,(H,16,20). The normalized spacial score (nSPS) is 17.1. The molecule has 0 atom stereocenters. The second kappa shape index (κ2) is 6.70. The van der Waals surface area contributed by atoms with Gasteiger partial charge in [0.15, 0.2) is 0 Å². The lowest BCUT2D eigenvalue weighted by Gasteiger charge is -2.31. The summed E-state index contributed by atoms with van der Waals surface area (Å²) in [6.45, 7) is 11.0. The van der Waals surface area contributed by atoms with Crippen LogP contribution in [0.4, 0.5) is 0 Å². The van der Waals surface area contributed by atoms with Gasteiger partial charge >= 0.3 is 0 Å². The predicted octanol–water partition coefficient (Wildman–Crippen LogP) is 1.27. The van der Waals surface area contributed by atoms with Gasteiger partial charge in [0.25, 0.3) is 0 Å². The van der Waals surface area contributed by atoms with Crippen molar-refractivity contribution in [1.82, 2.24) is 20.0 Å². The van der Waals surface area contributed by atoms with E-state index in [4.69, 9.17) is 0 Å². The topological polar surface area (TPSA) is 50.2 Å². The molecule has 1 fully saturated rings. The van der Waals surface area contributed by atoms with Crippen molar-refractivity contribution in [2.75, 3.05) is 19.6 Å². The number of carbonyl (C=O) groups excluding carboxylic acids is 1. The highest BCUT2D eigenvalue weighted by atomic mass is 16.2. The summed E-state index contributed by atoms with van der Waals surface area (Å²) in [5.41, 5.74) is 1.98. The van der Waals surface area contributed by atoms with Crippen molar-refractivity contribution in [2.45, 2.75) is 39.3 Å². The monoisotopic (exact) mass is 276 g/mol. The number of rotatable bonds is 5. The molecule has 20 heavy (non-hydrogen) atoms. The van der Waals surface area contributed by atoms with Crippen molar-refractivity contribution in [2.24, 2.45) is 0 Å². The van der Waals surface area contributed by atoms with Crippen LogP contribution in [0.15, 0.2) is 18.7 Å². The summed E-state index contributed by atoms with van der Waals surface area (Å²) in [5, 5.41) is 7.43. The van der Waals surface area contributed by atoms with Crippen molar-refractivity contribution >= 4 is 5.91 Å². The van der Waals surface area contributed by atoms with E-state index in [1.165, 1.54) is 0 Å². The zero-order chi connectivity index (χ0) is 14.5. The number of piperidine rings is 1. The molecule has 1 amide bonds. The van der Waals surface area contributed by atoms with E-state index >= 15 is 0 Å². The minimum atomic E-state index is 0.0540. The zero-order valence-electron chi connectivity index (χ0n) is 12.4. The number of likely N-dealkylation sites (tertiary alicyclic amines) is 1. The number of hydrogen-bond acceptors (Lipinski definition) is 3.